The Balaban J connectivity index is 0.00000264. The van der Waals surface area contributed by atoms with Gasteiger partial charge in [0.2, 0.25) is 0 Å². The lowest BCUT2D eigenvalue weighted by molar-refractivity contribution is 0.0982. The van der Waals surface area contributed by atoms with Crippen LogP contribution in [0.4, 0.5) is 0 Å². The molecule has 1 saturated heterocycles. The Labute approximate surface area is 156 Å². The largest absolute Gasteiger partial charge is 0.364 e. The molecule has 2 rings (SSSR count). The van der Waals surface area contributed by atoms with E-state index >= 15 is 0 Å². The first-order valence-electron chi connectivity index (χ1n) is 8.28. The monoisotopic (exact) mass is 435 g/mol. The highest BCUT2D eigenvalue weighted by Crippen LogP contribution is 2.19. The Morgan fingerprint density at radius 1 is 1.30 bits per heavy atom. The van der Waals surface area contributed by atoms with Crippen molar-refractivity contribution in [2.45, 2.75) is 52.1 Å². The number of rotatable bonds is 6. The van der Waals surface area contributed by atoms with Gasteiger partial charge in [0.05, 0.1) is 6.54 Å². The van der Waals surface area contributed by atoms with Crippen LogP contribution in [0, 0.1) is 0 Å². The predicted octanol–water partition coefficient (Wildman–Crippen LogP) is 2.61. The van der Waals surface area contributed by atoms with Crippen molar-refractivity contribution in [3.63, 3.8) is 0 Å². The molecular formula is C16H30IN5O. The van der Waals surface area contributed by atoms with Gasteiger partial charge in [-0.1, -0.05) is 11.6 Å². The fourth-order valence-corrected chi connectivity index (χ4v) is 2.73. The van der Waals surface area contributed by atoms with Crippen LogP contribution in [0.1, 0.15) is 45.7 Å². The lowest BCUT2D eigenvalue weighted by atomic mass is 9.98. The Bertz CT molecular complexity index is 455. The van der Waals surface area contributed by atoms with Crippen LogP contribution in [-0.2, 0) is 6.54 Å². The summed E-state index contributed by atoms with van der Waals surface area (Å²) < 4.78 is 4.83. The zero-order valence-corrected chi connectivity index (χ0v) is 16.8. The number of halogens is 1. The number of guanidine groups is 1. The van der Waals surface area contributed by atoms with Crippen molar-refractivity contribution in [3.8, 4) is 0 Å². The summed E-state index contributed by atoms with van der Waals surface area (Å²) in [6, 6.07) is 1.84. The number of aliphatic imine (C=N–C) groups is 1. The quantitative estimate of drug-likeness (QED) is 0.409. The first-order valence-corrected chi connectivity index (χ1v) is 8.28. The van der Waals surface area contributed by atoms with Crippen LogP contribution in [0.5, 0.6) is 0 Å². The molecule has 0 saturated carbocycles. The second-order valence-electron chi connectivity index (χ2n) is 6.40. The van der Waals surface area contributed by atoms with Crippen molar-refractivity contribution >= 4 is 29.9 Å². The number of nitrogens with one attached hydrogen (secondary N) is 2. The molecule has 0 amide bonds. The molecule has 0 aromatic carbocycles. The van der Waals surface area contributed by atoms with Crippen LogP contribution < -0.4 is 10.6 Å². The van der Waals surface area contributed by atoms with Gasteiger partial charge in [0.1, 0.15) is 12.0 Å². The highest BCUT2D eigenvalue weighted by Gasteiger charge is 2.27. The molecule has 0 atom stereocenters. The van der Waals surface area contributed by atoms with Crippen molar-refractivity contribution < 1.29 is 4.52 Å². The van der Waals surface area contributed by atoms with Gasteiger partial charge in [-0.2, -0.15) is 0 Å². The van der Waals surface area contributed by atoms with E-state index in [0.29, 0.717) is 6.54 Å². The minimum atomic E-state index is 0. The van der Waals surface area contributed by atoms with Gasteiger partial charge >= 0.3 is 0 Å². The van der Waals surface area contributed by atoms with E-state index in [9.17, 15) is 0 Å². The number of aromatic nitrogens is 1. The lowest BCUT2D eigenvalue weighted by Crippen LogP contribution is -2.54. The highest BCUT2D eigenvalue weighted by atomic mass is 127. The third kappa shape index (κ3) is 6.66. The molecule has 132 valence electrons. The van der Waals surface area contributed by atoms with Crippen molar-refractivity contribution in [3.05, 3.63) is 18.0 Å². The van der Waals surface area contributed by atoms with Crippen LogP contribution in [-0.4, -0.2) is 47.7 Å². The van der Waals surface area contributed by atoms with E-state index in [1.165, 1.54) is 32.4 Å². The van der Waals surface area contributed by atoms with Crippen LogP contribution >= 0.6 is 24.0 Å². The second kappa shape index (κ2) is 10.1. The molecule has 1 aromatic rings. The van der Waals surface area contributed by atoms with Gasteiger partial charge < -0.3 is 15.2 Å². The third-order valence-electron chi connectivity index (χ3n) is 4.14. The van der Waals surface area contributed by atoms with Crippen molar-refractivity contribution in [1.82, 2.24) is 20.7 Å². The van der Waals surface area contributed by atoms with Gasteiger partial charge in [-0.3, -0.25) is 4.90 Å². The van der Waals surface area contributed by atoms with Gasteiger partial charge in [-0.25, -0.2) is 4.99 Å². The summed E-state index contributed by atoms with van der Waals surface area (Å²) in [4.78, 5) is 7.13. The average Bonchev–Trinajstić information content (AvgIpc) is 3.04. The maximum absolute atomic E-state index is 4.83. The molecular weight excluding hydrogens is 405 g/mol. The topological polar surface area (TPSA) is 65.7 Å². The third-order valence-corrected chi connectivity index (χ3v) is 4.14. The molecule has 2 heterocycles. The minimum absolute atomic E-state index is 0. The molecule has 0 unspecified atom stereocenters. The molecule has 0 spiro atoms. The van der Waals surface area contributed by atoms with E-state index in [-0.39, 0.29) is 29.5 Å². The fraction of sp³-hybridized carbons (Fsp3) is 0.750. The van der Waals surface area contributed by atoms with E-state index in [1.54, 1.807) is 6.26 Å². The molecule has 0 aliphatic carbocycles. The van der Waals surface area contributed by atoms with Crippen LogP contribution in [0.2, 0.25) is 0 Å². The Hall–Kier alpha value is -0.830. The first kappa shape index (κ1) is 20.2. The van der Waals surface area contributed by atoms with Gasteiger partial charge in [0.25, 0.3) is 0 Å². The first-order chi connectivity index (χ1) is 10.6. The second-order valence-corrected chi connectivity index (χ2v) is 6.40. The Morgan fingerprint density at radius 3 is 2.65 bits per heavy atom. The summed E-state index contributed by atoms with van der Waals surface area (Å²) in [5, 5.41) is 10.6. The smallest absolute Gasteiger partial charge is 0.191 e. The summed E-state index contributed by atoms with van der Waals surface area (Å²) in [6.45, 7) is 11.3. The van der Waals surface area contributed by atoms with Crippen molar-refractivity contribution in [2.24, 2.45) is 4.99 Å². The van der Waals surface area contributed by atoms with E-state index in [0.717, 1.165) is 24.7 Å². The minimum Gasteiger partial charge on any atom is -0.364 e. The van der Waals surface area contributed by atoms with Crippen molar-refractivity contribution in [1.29, 1.82) is 0 Å². The van der Waals surface area contributed by atoms with Gasteiger partial charge in [-0.15, -0.1) is 24.0 Å². The number of hydrogen-bond acceptors (Lipinski definition) is 4. The van der Waals surface area contributed by atoms with E-state index < -0.39 is 0 Å². The Kier molecular flexibility index (Phi) is 8.90. The van der Waals surface area contributed by atoms with Crippen molar-refractivity contribution in [2.75, 3.05) is 26.2 Å². The predicted molar refractivity (Wildman–Crippen MR) is 104 cm³/mol. The lowest BCUT2D eigenvalue weighted by Gasteiger charge is -2.41. The average molecular weight is 435 g/mol. The molecule has 0 bridgehead atoms. The van der Waals surface area contributed by atoms with Gasteiger partial charge in [0.15, 0.2) is 5.96 Å². The summed E-state index contributed by atoms with van der Waals surface area (Å²) >= 11 is 0. The zero-order chi connectivity index (χ0) is 15.8. The molecule has 23 heavy (non-hydrogen) atoms. The SMILES string of the molecule is CCNC(=NCc1ccon1)NCC(C)(C)N1CCCCC1.I. The molecule has 1 fully saturated rings. The molecule has 7 heteroatoms. The standard InChI is InChI=1S/C16H29N5O.HI/c1-4-17-15(18-12-14-8-11-22-20-14)19-13-16(2,3)21-9-6-5-7-10-21;/h8,11H,4-7,9-10,12-13H2,1-3H3,(H2,17,18,19);1H. The maximum atomic E-state index is 4.83. The van der Waals surface area contributed by atoms with Crippen LogP contribution in [0.25, 0.3) is 0 Å². The van der Waals surface area contributed by atoms with Gasteiger partial charge in [0, 0.05) is 24.7 Å². The molecule has 1 aromatic heterocycles. The highest BCUT2D eigenvalue weighted by molar-refractivity contribution is 14.0. The number of hydrogen-bond donors (Lipinski definition) is 2. The molecule has 2 N–H and O–H groups in total. The number of piperidine rings is 1. The molecule has 1 aliphatic rings. The molecule has 1 aliphatic heterocycles. The maximum Gasteiger partial charge on any atom is 0.191 e. The fourth-order valence-electron chi connectivity index (χ4n) is 2.73. The summed E-state index contributed by atoms with van der Waals surface area (Å²) in [6.07, 6.45) is 5.56. The van der Waals surface area contributed by atoms with Crippen LogP contribution in [0.15, 0.2) is 21.8 Å². The van der Waals surface area contributed by atoms with E-state index in [4.69, 9.17) is 4.52 Å². The molecule has 6 nitrogen and oxygen atoms in total. The Morgan fingerprint density at radius 2 is 2.04 bits per heavy atom. The van der Waals surface area contributed by atoms with Crippen LogP contribution in [0.3, 0.4) is 0 Å². The summed E-state index contributed by atoms with van der Waals surface area (Å²) in [5.41, 5.74) is 0.970. The summed E-state index contributed by atoms with van der Waals surface area (Å²) in [7, 11) is 0. The molecule has 0 radical (unpaired) electrons. The van der Waals surface area contributed by atoms with Gasteiger partial charge in [-0.05, 0) is 46.7 Å². The van der Waals surface area contributed by atoms with E-state index in [1.807, 2.05) is 6.07 Å². The number of likely N-dealkylation sites (tertiary alicyclic amines) is 1. The normalized spacial score (nSPS) is 16.7. The van der Waals surface area contributed by atoms with E-state index in [2.05, 4.69) is 46.5 Å². The summed E-state index contributed by atoms with van der Waals surface area (Å²) in [5.74, 6) is 0.829. The zero-order valence-electron chi connectivity index (χ0n) is 14.5. The number of nitrogens with zero attached hydrogens (tertiary/aromatic N) is 3.